The van der Waals surface area contributed by atoms with Gasteiger partial charge in [0, 0.05) is 19.2 Å². The molecular weight excluding hydrogens is 276 g/mol. The van der Waals surface area contributed by atoms with Gasteiger partial charge >= 0.3 is 0 Å². The van der Waals surface area contributed by atoms with E-state index in [0.717, 1.165) is 0 Å². The second-order valence-corrected chi connectivity index (χ2v) is 4.64. The minimum Gasteiger partial charge on any atom is -0.494 e. The average Bonchev–Trinajstić information content (AvgIpc) is 2.47. The Morgan fingerprint density at radius 1 is 1.14 bits per heavy atom. The van der Waals surface area contributed by atoms with Crippen LogP contribution in [-0.2, 0) is 6.54 Å². The summed E-state index contributed by atoms with van der Waals surface area (Å²) in [7, 11) is 3.00. The largest absolute Gasteiger partial charge is 0.494 e. The topological polar surface area (TPSA) is 29.5 Å². The zero-order valence-corrected chi connectivity index (χ0v) is 11.8. The number of benzene rings is 2. The van der Waals surface area contributed by atoms with Crippen molar-refractivity contribution >= 4 is 5.91 Å². The monoisotopic (exact) mass is 291 g/mol. The van der Waals surface area contributed by atoms with Crippen LogP contribution in [0, 0.1) is 11.6 Å². The molecule has 2 rings (SSSR count). The molecule has 3 nitrogen and oxygen atoms in total. The Morgan fingerprint density at radius 2 is 1.81 bits per heavy atom. The van der Waals surface area contributed by atoms with E-state index in [2.05, 4.69) is 0 Å². The quantitative estimate of drug-likeness (QED) is 0.865. The third kappa shape index (κ3) is 3.56. The number of carbonyl (C=O) groups is 1. The number of nitrogens with zero attached hydrogens (tertiary/aromatic N) is 1. The summed E-state index contributed by atoms with van der Waals surface area (Å²) in [6.07, 6.45) is 0. The third-order valence-corrected chi connectivity index (χ3v) is 3.07. The van der Waals surface area contributed by atoms with Crippen molar-refractivity contribution in [2.45, 2.75) is 6.54 Å². The molecule has 2 aromatic carbocycles. The molecule has 0 heterocycles. The number of hydrogen-bond acceptors (Lipinski definition) is 2. The van der Waals surface area contributed by atoms with Crippen molar-refractivity contribution in [3.8, 4) is 5.75 Å². The van der Waals surface area contributed by atoms with Crippen LogP contribution in [0.3, 0.4) is 0 Å². The SMILES string of the molecule is COc1ccc(CN(C)C(=O)c2ccc(F)cc2)cc1F. The van der Waals surface area contributed by atoms with Gasteiger partial charge in [-0.3, -0.25) is 4.79 Å². The van der Waals surface area contributed by atoms with Crippen molar-refractivity contribution in [2.75, 3.05) is 14.2 Å². The molecule has 110 valence electrons. The highest BCUT2D eigenvalue weighted by Crippen LogP contribution is 2.19. The normalized spacial score (nSPS) is 10.3. The Labute approximate surface area is 121 Å². The number of halogens is 2. The highest BCUT2D eigenvalue weighted by molar-refractivity contribution is 5.93. The van der Waals surface area contributed by atoms with Crippen LogP contribution in [0.15, 0.2) is 42.5 Å². The summed E-state index contributed by atoms with van der Waals surface area (Å²) >= 11 is 0. The van der Waals surface area contributed by atoms with E-state index in [1.807, 2.05) is 0 Å². The number of amides is 1. The van der Waals surface area contributed by atoms with Gasteiger partial charge in [0.15, 0.2) is 11.6 Å². The minimum atomic E-state index is -0.474. The third-order valence-electron chi connectivity index (χ3n) is 3.07. The molecule has 0 unspecified atom stereocenters. The van der Waals surface area contributed by atoms with Crippen molar-refractivity contribution in [2.24, 2.45) is 0 Å². The number of carbonyl (C=O) groups excluding carboxylic acids is 1. The molecule has 0 aromatic heterocycles. The molecule has 2 aromatic rings. The molecule has 0 saturated carbocycles. The number of ether oxygens (including phenoxy) is 1. The van der Waals surface area contributed by atoms with Gasteiger partial charge < -0.3 is 9.64 Å². The van der Waals surface area contributed by atoms with E-state index in [1.165, 1.54) is 48.4 Å². The molecule has 0 fully saturated rings. The van der Waals surface area contributed by atoms with Gasteiger partial charge in [-0.15, -0.1) is 0 Å². The summed E-state index contributed by atoms with van der Waals surface area (Å²) in [4.78, 5) is 13.6. The number of methoxy groups -OCH3 is 1. The lowest BCUT2D eigenvalue weighted by atomic mass is 10.1. The fourth-order valence-corrected chi connectivity index (χ4v) is 1.97. The van der Waals surface area contributed by atoms with Crippen LogP contribution in [0.2, 0.25) is 0 Å². The molecule has 1 amide bonds. The van der Waals surface area contributed by atoms with Crippen LogP contribution < -0.4 is 4.74 Å². The molecule has 0 spiro atoms. The minimum absolute atomic E-state index is 0.159. The maximum atomic E-state index is 13.6. The van der Waals surface area contributed by atoms with Crippen LogP contribution in [-0.4, -0.2) is 25.0 Å². The summed E-state index contributed by atoms with van der Waals surface area (Å²) in [6, 6.07) is 9.83. The Bertz CT molecular complexity index is 641. The van der Waals surface area contributed by atoms with Gasteiger partial charge in [-0.2, -0.15) is 0 Å². The second-order valence-electron chi connectivity index (χ2n) is 4.64. The van der Waals surface area contributed by atoms with Gasteiger partial charge in [0.05, 0.1) is 7.11 Å². The molecule has 0 saturated heterocycles. The van der Waals surface area contributed by atoms with Gasteiger partial charge in [-0.05, 0) is 42.0 Å². The predicted molar refractivity (Wildman–Crippen MR) is 75.1 cm³/mol. The van der Waals surface area contributed by atoms with E-state index < -0.39 is 11.6 Å². The van der Waals surface area contributed by atoms with Crippen molar-refractivity contribution < 1.29 is 18.3 Å². The highest BCUT2D eigenvalue weighted by Gasteiger charge is 2.13. The predicted octanol–water partition coefficient (Wildman–Crippen LogP) is 3.25. The van der Waals surface area contributed by atoms with Gasteiger partial charge in [0.25, 0.3) is 5.91 Å². The van der Waals surface area contributed by atoms with Crippen molar-refractivity contribution in [3.63, 3.8) is 0 Å². The molecule has 0 N–H and O–H groups in total. The first-order chi connectivity index (χ1) is 10.0. The van der Waals surface area contributed by atoms with Crippen molar-refractivity contribution in [1.82, 2.24) is 4.90 Å². The summed E-state index contributed by atoms with van der Waals surface area (Å²) < 4.78 is 31.3. The van der Waals surface area contributed by atoms with E-state index in [9.17, 15) is 13.6 Å². The zero-order chi connectivity index (χ0) is 15.4. The van der Waals surface area contributed by atoms with Crippen LogP contribution in [0.5, 0.6) is 5.75 Å². The fourth-order valence-electron chi connectivity index (χ4n) is 1.97. The lowest BCUT2D eigenvalue weighted by Gasteiger charge is -2.17. The standard InChI is InChI=1S/C16H15F2NO2/c1-19(16(20)12-4-6-13(17)7-5-12)10-11-3-8-15(21-2)14(18)9-11/h3-9H,10H2,1-2H3. The Morgan fingerprint density at radius 3 is 2.38 bits per heavy atom. The Kier molecular flexibility index (Phi) is 4.52. The first kappa shape index (κ1) is 15.0. The molecule has 0 atom stereocenters. The summed E-state index contributed by atoms with van der Waals surface area (Å²) in [5.74, 6) is -0.971. The molecule has 0 aliphatic rings. The fraction of sp³-hybridized carbons (Fsp3) is 0.188. The van der Waals surface area contributed by atoms with Crippen molar-refractivity contribution in [3.05, 3.63) is 65.2 Å². The average molecular weight is 291 g/mol. The number of rotatable bonds is 4. The van der Waals surface area contributed by atoms with Crippen LogP contribution in [0.25, 0.3) is 0 Å². The van der Waals surface area contributed by atoms with Gasteiger partial charge in [0.1, 0.15) is 5.82 Å². The summed E-state index contributed by atoms with van der Waals surface area (Å²) in [5, 5.41) is 0. The smallest absolute Gasteiger partial charge is 0.253 e. The molecule has 0 aliphatic carbocycles. The zero-order valence-electron chi connectivity index (χ0n) is 11.8. The van der Waals surface area contributed by atoms with Crippen LogP contribution in [0.4, 0.5) is 8.78 Å². The Balaban J connectivity index is 2.10. The van der Waals surface area contributed by atoms with E-state index in [4.69, 9.17) is 4.74 Å². The maximum absolute atomic E-state index is 13.6. The molecule has 21 heavy (non-hydrogen) atoms. The van der Waals surface area contributed by atoms with Gasteiger partial charge in [0.2, 0.25) is 0 Å². The summed E-state index contributed by atoms with van der Waals surface area (Å²) in [5.41, 5.74) is 1.03. The van der Waals surface area contributed by atoms with E-state index in [-0.39, 0.29) is 18.2 Å². The Hall–Kier alpha value is -2.43. The van der Waals surface area contributed by atoms with Crippen molar-refractivity contribution in [1.29, 1.82) is 0 Å². The van der Waals surface area contributed by atoms with Gasteiger partial charge in [-0.25, -0.2) is 8.78 Å². The van der Waals surface area contributed by atoms with Crippen LogP contribution >= 0.6 is 0 Å². The lowest BCUT2D eigenvalue weighted by molar-refractivity contribution is 0.0785. The molecule has 5 heteroatoms. The molecule has 0 bridgehead atoms. The van der Waals surface area contributed by atoms with E-state index in [1.54, 1.807) is 13.1 Å². The molecule has 0 radical (unpaired) electrons. The van der Waals surface area contributed by atoms with Crippen LogP contribution in [0.1, 0.15) is 15.9 Å². The first-order valence-corrected chi connectivity index (χ1v) is 6.34. The molecular formula is C16H15F2NO2. The first-order valence-electron chi connectivity index (χ1n) is 6.34. The highest BCUT2D eigenvalue weighted by atomic mass is 19.1. The van der Waals surface area contributed by atoms with E-state index >= 15 is 0 Å². The second kappa shape index (κ2) is 6.35. The summed E-state index contributed by atoms with van der Waals surface area (Å²) in [6.45, 7) is 0.247. The molecule has 0 aliphatic heterocycles. The van der Waals surface area contributed by atoms with Gasteiger partial charge in [-0.1, -0.05) is 6.07 Å². The van der Waals surface area contributed by atoms with E-state index in [0.29, 0.717) is 11.1 Å². The lowest BCUT2D eigenvalue weighted by Crippen LogP contribution is -2.26. The number of hydrogen-bond donors (Lipinski definition) is 0. The maximum Gasteiger partial charge on any atom is 0.253 e.